The van der Waals surface area contributed by atoms with Gasteiger partial charge in [-0.15, -0.1) is 12.4 Å². The van der Waals surface area contributed by atoms with E-state index in [-0.39, 0.29) is 29.8 Å². The van der Waals surface area contributed by atoms with Gasteiger partial charge in [0.15, 0.2) is 5.76 Å². The van der Waals surface area contributed by atoms with E-state index in [1.54, 1.807) is 6.07 Å². The van der Waals surface area contributed by atoms with Crippen molar-refractivity contribution < 1.29 is 13.9 Å². The van der Waals surface area contributed by atoms with E-state index in [0.717, 1.165) is 30.6 Å². The highest BCUT2D eigenvalue weighted by Crippen LogP contribution is 2.28. The molecule has 6 heteroatoms. The molecule has 0 bridgehead atoms. The topological polar surface area (TPSA) is 68.7 Å². The average molecular weight is 421 g/mol. The van der Waals surface area contributed by atoms with Crippen molar-refractivity contribution >= 4 is 18.3 Å². The van der Waals surface area contributed by atoms with Gasteiger partial charge in [-0.2, -0.15) is 0 Å². The normalized spacial score (nSPS) is 15.2. The molecule has 1 saturated heterocycles. The maximum Gasteiger partial charge on any atom is 0.289 e. The van der Waals surface area contributed by atoms with E-state index in [9.17, 15) is 4.79 Å². The van der Waals surface area contributed by atoms with E-state index < -0.39 is 0 Å². The Kier molecular flexibility index (Phi) is 8.32. The molecule has 0 unspecified atom stereocenters. The van der Waals surface area contributed by atoms with Crippen molar-refractivity contribution in [3.8, 4) is 11.3 Å². The molecule has 2 heterocycles. The molecule has 1 aromatic heterocycles. The molecule has 1 aromatic carbocycles. The third-order valence-corrected chi connectivity index (χ3v) is 5.28. The molecule has 0 spiro atoms. The molecule has 3 rings (SSSR count). The Morgan fingerprint density at radius 1 is 1.14 bits per heavy atom. The number of likely N-dealkylation sites (tertiary alicyclic amines) is 1. The van der Waals surface area contributed by atoms with Crippen LogP contribution in [0.2, 0.25) is 0 Å². The van der Waals surface area contributed by atoms with Crippen molar-refractivity contribution in [3.63, 3.8) is 0 Å². The van der Waals surface area contributed by atoms with Crippen LogP contribution in [0.25, 0.3) is 11.3 Å². The summed E-state index contributed by atoms with van der Waals surface area (Å²) in [5.41, 5.74) is 7.87. The number of carbonyl (C=O) groups excluding carboxylic acids is 1. The van der Waals surface area contributed by atoms with Gasteiger partial charge in [-0.05, 0) is 48.9 Å². The molecule has 0 saturated carbocycles. The number of amides is 1. The van der Waals surface area contributed by atoms with Crippen LogP contribution in [-0.4, -0.2) is 43.2 Å². The molecule has 160 valence electrons. The lowest BCUT2D eigenvalue weighted by molar-refractivity contribution is 0.00766. The molecule has 1 aliphatic rings. The standard InChI is InChI=1S/C23H32N2O3.ClH/c1-23(2,3)18-7-5-17(6-8-18)20-9-10-21(28-20)22(26)25-14-11-19(12-15-25)27-16-4-13-24;/h5-10,19H,4,11-16,24H2,1-3H3;1H. The second-order valence-corrected chi connectivity index (χ2v) is 8.50. The number of carbonyl (C=O) groups is 1. The molecule has 1 aliphatic heterocycles. The third kappa shape index (κ3) is 6.08. The Balaban J connectivity index is 0.00000300. The predicted octanol–water partition coefficient (Wildman–Crippen LogP) is 4.64. The third-order valence-electron chi connectivity index (χ3n) is 5.28. The second kappa shape index (κ2) is 10.3. The van der Waals surface area contributed by atoms with Crippen molar-refractivity contribution in [2.24, 2.45) is 5.73 Å². The van der Waals surface area contributed by atoms with Gasteiger partial charge >= 0.3 is 0 Å². The smallest absolute Gasteiger partial charge is 0.289 e. The number of piperidine rings is 1. The van der Waals surface area contributed by atoms with Gasteiger partial charge in [-0.3, -0.25) is 4.79 Å². The summed E-state index contributed by atoms with van der Waals surface area (Å²) in [6.45, 7) is 9.32. The molecule has 0 radical (unpaired) electrons. The van der Waals surface area contributed by atoms with Crippen LogP contribution >= 0.6 is 12.4 Å². The fourth-order valence-electron chi connectivity index (χ4n) is 3.46. The minimum atomic E-state index is -0.0435. The van der Waals surface area contributed by atoms with E-state index in [1.165, 1.54) is 5.56 Å². The lowest BCUT2D eigenvalue weighted by Gasteiger charge is -2.31. The highest BCUT2D eigenvalue weighted by Gasteiger charge is 2.26. The second-order valence-electron chi connectivity index (χ2n) is 8.50. The Morgan fingerprint density at radius 3 is 2.38 bits per heavy atom. The number of benzene rings is 1. The number of nitrogens with two attached hydrogens (primary N) is 1. The molecule has 0 atom stereocenters. The van der Waals surface area contributed by atoms with Gasteiger partial charge in [-0.1, -0.05) is 45.0 Å². The zero-order valence-corrected chi connectivity index (χ0v) is 18.5. The molecule has 5 nitrogen and oxygen atoms in total. The van der Waals surface area contributed by atoms with E-state index in [0.29, 0.717) is 32.0 Å². The minimum Gasteiger partial charge on any atom is -0.451 e. The summed E-state index contributed by atoms with van der Waals surface area (Å²) in [7, 11) is 0. The monoisotopic (exact) mass is 420 g/mol. The van der Waals surface area contributed by atoms with Gasteiger partial charge in [0.05, 0.1) is 6.10 Å². The summed E-state index contributed by atoms with van der Waals surface area (Å²) in [5.74, 6) is 1.08. The van der Waals surface area contributed by atoms with Crippen LogP contribution in [0.15, 0.2) is 40.8 Å². The van der Waals surface area contributed by atoms with Crippen molar-refractivity contribution in [1.82, 2.24) is 4.90 Å². The van der Waals surface area contributed by atoms with Crippen molar-refractivity contribution in [3.05, 3.63) is 47.7 Å². The van der Waals surface area contributed by atoms with Crippen LogP contribution in [0.4, 0.5) is 0 Å². The van der Waals surface area contributed by atoms with E-state index >= 15 is 0 Å². The summed E-state index contributed by atoms with van der Waals surface area (Å²) < 4.78 is 11.7. The van der Waals surface area contributed by atoms with Gasteiger partial charge in [0.2, 0.25) is 0 Å². The molecular formula is C23H33ClN2O3. The van der Waals surface area contributed by atoms with Gasteiger partial charge in [0.1, 0.15) is 5.76 Å². The SMILES string of the molecule is CC(C)(C)c1ccc(-c2ccc(C(=O)N3CCC(OCCCN)CC3)o2)cc1.Cl. The Bertz CT molecular complexity index is 772. The first-order valence-corrected chi connectivity index (χ1v) is 10.2. The average Bonchev–Trinajstić information content (AvgIpc) is 3.18. The first kappa shape index (κ1) is 23.5. The van der Waals surface area contributed by atoms with Gasteiger partial charge in [-0.25, -0.2) is 0 Å². The summed E-state index contributed by atoms with van der Waals surface area (Å²) in [6.07, 6.45) is 2.82. The molecular weight excluding hydrogens is 388 g/mol. The zero-order valence-electron chi connectivity index (χ0n) is 17.6. The van der Waals surface area contributed by atoms with Crippen molar-refractivity contribution in [2.75, 3.05) is 26.2 Å². The molecule has 29 heavy (non-hydrogen) atoms. The first-order valence-electron chi connectivity index (χ1n) is 10.2. The van der Waals surface area contributed by atoms with Crippen LogP contribution in [0.5, 0.6) is 0 Å². The quantitative estimate of drug-likeness (QED) is 0.691. The van der Waals surface area contributed by atoms with Crippen LogP contribution in [-0.2, 0) is 10.2 Å². The van der Waals surface area contributed by atoms with Crippen molar-refractivity contribution in [2.45, 2.75) is 51.6 Å². The number of nitrogens with zero attached hydrogens (tertiary/aromatic N) is 1. The van der Waals surface area contributed by atoms with E-state index in [4.69, 9.17) is 14.9 Å². The summed E-state index contributed by atoms with van der Waals surface area (Å²) in [5, 5.41) is 0. The van der Waals surface area contributed by atoms with E-state index in [1.807, 2.05) is 11.0 Å². The highest BCUT2D eigenvalue weighted by atomic mass is 35.5. The van der Waals surface area contributed by atoms with Crippen LogP contribution in [0, 0.1) is 0 Å². The highest BCUT2D eigenvalue weighted by molar-refractivity contribution is 5.92. The number of ether oxygens (including phenoxy) is 1. The lowest BCUT2D eigenvalue weighted by Crippen LogP contribution is -2.40. The number of hydrogen-bond acceptors (Lipinski definition) is 4. The molecule has 0 aliphatic carbocycles. The Morgan fingerprint density at radius 2 is 1.79 bits per heavy atom. The minimum absolute atomic E-state index is 0. The van der Waals surface area contributed by atoms with Crippen LogP contribution in [0.3, 0.4) is 0 Å². The molecule has 1 fully saturated rings. The molecule has 2 aromatic rings. The largest absolute Gasteiger partial charge is 0.451 e. The lowest BCUT2D eigenvalue weighted by atomic mass is 9.86. The number of hydrogen-bond donors (Lipinski definition) is 1. The van der Waals surface area contributed by atoms with Crippen LogP contribution in [0.1, 0.15) is 56.2 Å². The van der Waals surface area contributed by atoms with E-state index in [2.05, 4.69) is 45.0 Å². The number of furan rings is 1. The summed E-state index contributed by atoms with van der Waals surface area (Å²) >= 11 is 0. The predicted molar refractivity (Wildman–Crippen MR) is 119 cm³/mol. The fourth-order valence-corrected chi connectivity index (χ4v) is 3.46. The maximum absolute atomic E-state index is 12.8. The van der Waals surface area contributed by atoms with Gasteiger partial charge in [0.25, 0.3) is 5.91 Å². The molecule has 1 amide bonds. The Hall–Kier alpha value is -1.82. The zero-order chi connectivity index (χ0) is 20.1. The van der Waals surface area contributed by atoms with Gasteiger partial charge in [0, 0.05) is 25.3 Å². The number of halogens is 1. The first-order chi connectivity index (χ1) is 13.4. The summed E-state index contributed by atoms with van der Waals surface area (Å²) in [4.78, 5) is 14.6. The Labute approximate surface area is 180 Å². The van der Waals surface area contributed by atoms with Gasteiger partial charge < -0.3 is 19.8 Å². The molecule has 2 N–H and O–H groups in total. The van der Waals surface area contributed by atoms with Crippen molar-refractivity contribution in [1.29, 1.82) is 0 Å². The number of rotatable bonds is 6. The fraction of sp³-hybridized carbons (Fsp3) is 0.522. The maximum atomic E-state index is 12.8. The summed E-state index contributed by atoms with van der Waals surface area (Å²) in [6, 6.07) is 12.0. The van der Waals surface area contributed by atoms with Crippen LogP contribution < -0.4 is 5.73 Å².